The molecule has 13 heavy (non-hydrogen) atoms. The molecule has 0 saturated carbocycles. The molecule has 0 aliphatic rings. The molecule has 0 bridgehead atoms. The fraction of sp³-hybridized carbons (Fsp3) is 0.375. The third kappa shape index (κ3) is 1.12. The van der Waals surface area contributed by atoms with Gasteiger partial charge in [0.05, 0.1) is 5.39 Å². The van der Waals surface area contributed by atoms with E-state index in [1.54, 1.807) is 0 Å². The first-order valence-corrected chi connectivity index (χ1v) is 4.15. The Balaban J connectivity index is 2.75. The standard InChI is InChI=1S/C8H11N5/c1-5(2)13-4-3-6-7(9)10-12-11-8(6)13/h3-5H,1-2H3,(H2,9,10,11). The van der Waals surface area contributed by atoms with Gasteiger partial charge >= 0.3 is 0 Å². The highest BCUT2D eigenvalue weighted by atomic mass is 15.3. The number of nitrogens with two attached hydrogens (primary N) is 1. The zero-order valence-electron chi connectivity index (χ0n) is 7.60. The maximum absolute atomic E-state index is 5.64. The van der Waals surface area contributed by atoms with Crippen LogP contribution >= 0.6 is 0 Å². The van der Waals surface area contributed by atoms with E-state index in [4.69, 9.17) is 5.73 Å². The molecule has 2 heterocycles. The Morgan fingerprint density at radius 2 is 2.15 bits per heavy atom. The predicted molar refractivity (Wildman–Crippen MR) is 50.1 cm³/mol. The molecule has 2 rings (SSSR count). The number of aromatic nitrogens is 4. The van der Waals surface area contributed by atoms with E-state index in [1.807, 2.05) is 16.8 Å². The molecule has 0 unspecified atom stereocenters. The van der Waals surface area contributed by atoms with E-state index in [9.17, 15) is 0 Å². The summed E-state index contributed by atoms with van der Waals surface area (Å²) in [6.45, 7) is 4.16. The van der Waals surface area contributed by atoms with Gasteiger partial charge in [0.15, 0.2) is 11.5 Å². The fourth-order valence-corrected chi connectivity index (χ4v) is 1.33. The summed E-state index contributed by atoms with van der Waals surface area (Å²) in [5, 5.41) is 12.1. The van der Waals surface area contributed by atoms with Crippen LogP contribution in [-0.4, -0.2) is 20.0 Å². The van der Waals surface area contributed by atoms with Gasteiger partial charge in [-0.05, 0) is 25.1 Å². The smallest absolute Gasteiger partial charge is 0.168 e. The normalized spacial score (nSPS) is 11.3. The number of nitrogen functional groups attached to an aromatic ring is 1. The van der Waals surface area contributed by atoms with Crippen LogP contribution in [0.25, 0.3) is 11.0 Å². The zero-order chi connectivity index (χ0) is 9.42. The Hall–Kier alpha value is -1.65. The van der Waals surface area contributed by atoms with Crippen LogP contribution in [0.3, 0.4) is 0 Å². The topological polar surface area (TPSA) is 69.6 Å². The van der Waals surface area contributed by atoms with E-state index in [0.717, 1.165) is 11.0 Å². The van der Waals surface area contributed by atoms with E-state index < -0.39 is 0 Å². The van der Waals surface area contributed by atoms with Crippen molar-refractivity contribution in [3.63, 3.8) is 0 Å². The van der Waals surface area contributed by atoms with Crippen LogP contribution in [0.4, 0.5) is 5.82 Å². The number of fused-ring (bicyclic) bond motifs is 1. The van der Waals surface area contributed by atoms with Gasteiger partial charge in [-0.2, -0.15) is 0 Å². The van der Waals surface area contributed by atoms with Gasteiger partial charge in [-0.1, -0.05) is 0 Å². The number of hydrogen-bond donors (Lipinski definition) is 1. The van der Waals surface area contributed by atoms with Gasteiger partial charge in [-0.3, -0.25) is 0 Å². The van der Waals surface area contributed by atoms with E-state index in [1.165, 1.54) is 0 Å². The molecule has 0 aliphatic heterocycles. The number of nitrogens with zero attached hydrogens (tertiary/aromatic N) is 4. The monoisotopic (exact) mass is 177 g/mol. The molecule has 0 radical (unpaired) electrons. The van der Waals surface area contributed by atoms with Crippen molar-refractivity contribution < 1.29 is 0 Å². The Kier molecular flexibility index (Phi) is 1.65. The third-order valence-electron chi connectivity index (χ3n) is 2.01. The minimum atomic E-state index is 0.355. The van der Waals surface area contributed by atoms with Crippen molar-refractivity contribution >= 4 is 16.9 Å². The molecule has 0 atom stereocenters. The minimum Gasteiger partial charge on any atom is -0.382 e. The van der Waals surface area contributed by atoms with Crippen molar-refractivity contribution in [2.24, 2.45) is 0 Å². The summed E-state index contributed by atoms with van der Waals surface area (Å²) >= 11 is 0. The molecule has 0 amide bonds. The van der Waals surface area contributed by atoms with Gasteiger partial charge in [0.25, 0.3) is 0 Å². The molecule has 0 spiro atoms. The summed E-state index contributed by atoms with van der Waals surface area (Å²) in [4.78, 5) is 0. The minimum absolute atomic E-state index is 0.355. The summed E-state index contributed by atoms with van der Waals surface area (Å²) in [5.41, 5.74) is 6.44. The summed E-state index contributed by atoms with van der Waals surface area (Å²) in [6.07, 6.45) is 1.95. The maximum atomic E-state index is 5.64. The fourth-order valence-electron chi connectivity index (χ4n) is 1.33. The van der Waals surface area contributed by atoms with Crippen LogP contribution in [0, 0.1) is 0 Å². The second kappa shape index (κ2) is 2.69. The highest BCUT2D eigenvalue weighted by Gasteiger charge is 2.08. The summed E-state index contributed by atoms with van der Waals surface area (Å²) < 4.78 is 2.01. The van der Waals surface area contributed by atoms with Crippen molar-refractivity contribution in [2.75, 3.05) is 5.73 Å². The SMILES string of the molecule is CC(C)n1ccc2c(N)nnnc21. The highest BCUT2D eigenvalue weighted by molar-refractivity contribution is 5.85. The molecule has 0 fully saturated rings. The first-order chi connectivity index (χ1) is 6.20. The average Bonchev–Trinajstić information content (AvgIpc) is 2.48. The predicted octanol–water partition coefficient (Wildman–Crippen LogP) is 0.989. The Morgan fingerprint density at radius 1 is 1.38 bits per heavy atom. The largest absolute Gasteiger partial charge is 0.382 e. The van der Waals surface area contributed by atoms with Crippen molar-refractivity contribution in [3.05, 3.63) is 12.3 Å². The van der Waals surface area contributed by atoms with Gasteiger partial charge in [0, 0.05) is 12.2 Å². The summed E-state index contributed by atoms with van der Waals surface area (Å²) in [6, 6.07) is 2.26. The molecule has 5 nitrogen and oxygen atoms in total. The van der Waals surface area contributed by atoms with Crippen LogP contribution in [-0.2, 0) is 0 Å². The lowest BCUT2D eigenvalue weighted by Gasteiger charge is -2.06. The lowest BCUT2D eigenvalue weighted by molar-refractivity contribution is 0.613. The Morgan fingerprint density at radius 3 is 2.85 bits per heavy atom. The highest BCUT2D eigenvalue weighted by Crippen LogP contribution is 2.19. The lowest BCUT2D eigenvalue weighted by Crippen LogP contribution is -2.02. The number of hydrogen-bond acceptors (Lipinski definition) is 4. The Labute approximate surface area is 75.6 Å². The molecule has 5 heteroatoms. The summed E-state index contributed by atoms with van der Waals surface area (Å²) in [5.74, 6) is 0.435. The molecular formula is C8H11N5. The van der Waals surface area contributed by atoms with Crippen molar-refractivity contribution in [1.82, 2.24) is 20.0 Å². The van der Waals surface area contributed by atoms with E-state index in [0.29, 0.717) is 11.9 Å². The molecular weight excluding hydrogens is 166 g/mol. The quantitative estimate of drug-likeness (QED) is 0.705. The van der Waals surface area contributed by atoms with Crippen LogP contribution in [0.15, 0.2) is 12.3 Å². The van der Waals surface area contributed by atoms with Crippen molar-refractivity contribution in [1.29, 1.82) is 0 Å². The van der Waals surface area contributed by atoms with Gasteiger partial charge < -0.3 is 10.3 Å². The van der Waals surface area contributed by atoms with Crippen LogP contribution in [0.2, 0.25) is 0 Å². The van der Waals surface area contributed by atoms with Gasteiger partial charge in [0.2, 0.25) is 0 Å². The lowest BCUT2D eigenvalue weighted by atomic mass is 10.4. The first-order valence-electron chi connectivity index (χ1n) is 4.15. The number of anilines is 1. The molecule has 0 saturated heterocycles. The maximum Gasteiger partial charge on any atom is 0.168 e. The molecule has 68 valence electrons. The first kappa shape index (κ1) is 7.97. The molecule has 0 aromatic carbocycles. The Bertz CT molecular complexity index is 431. The van der Waals surface area contributed by atoms with Crippen molar-refractivity contribution in [2.45, 2.75) is 19.9 Å². The zero-order valence-corrected chi connectivity index (χ0v) is 7.60. The second-order valence-electron chi connectivity index (χ2n) is 3.23. The average molecular weight is 177 g/mol. The van der Waals surface area contributed by atoms with Crippen LogP contribution in [0.1, 0.15) is 19.9 Å². The number of rotatable bonds is 1. The van der Waals surface area contributed by atoms with E-state index in [2.05, 4.69) is 29.3 Å². The van der Waals surface area contributed by atoms with Gasteiger partial charge in [0.1, 0.15) is 0 Å². The summed E-state index contributed by atoms with van der Waals surface area (Å²) in [7, 11) is 0. The molecule has 0 aliphatic carbocycles. The van der Waals surface area contributed by atoms with E-state index in [-0.39, 0.29) is 0 Å². The van der Waals surface area contributed by atoms with E-state index >= 15 is 0 Å². The third-order valence-corrected chi connectivity index (χ3v) is 2.01. The van der Waals surface area contributed by atoms with Crippen LogP contribution < -0.4 is 5.73 Å². The molecule has 2 N–H and O–H groups in total. The molecule has 2 aromatic heterocycles. The molecule has 2 aromatic rings. The van der Waals surface area contributed by atoms with Gasteiger partial charge in [-0.15, -0.1) is 10.2 Å². The van der Waals surface area contributed by atoms with Gasteiger partial charge in [-0.25, -0.2) is 0 Å². The van der Waals surface area contributed by atoms with Crippen LogP contribution in [0.5, 0.6) is 0 Å². The van der Waals surface area contributed by atoms with Crippen molar-refractivity contribution in [3.8, 4) is 0 Å². The second-order valence-corrected chi connectivity index (χ2v) is 3.23.